The van der Waals surface area contributed by atoms with Crippen molar-refractivity contribution in [1.29, 1.82) is 0 Å². The fourth-order valence-electron chi connectivity index (χ4n) is 3.04. The number of amides is 1. The monoisotopic (exact) mass is 367 g/mol. The zero-order valence-electron chi connectivity index (χ0n) is 14.6. The molecular formula is C18H25NO5S. The maximum atomic E-state index is 12.7. The summed E-state index contributed by atoms with van der Waals surface area (Å²) in [6.45, 7) is 4.30. The molecule has 1 N–H and O–H groups in total. The minimum absolute atomic E-state index is 0.0852. The topological polar surface area (TPSA) is 91.8 Å². The molecular weight excluding hydrogens is 342 g/mol. The second-order valence-corrected chi connectivity index (χ2v) is 8.79. The highest BCUT2D eigenvalue weighted by Crippen LogP contribution is 2.25. The number of sulfone groups is 1. The third kappa shape index (κ3) is 4.60. The summed E-state index contributed by atoms with van der Waals surface area (Å²) in [6.07, 6.45) is 2.58. The summed E-state index contributed by atoms with van der Waals surface area (Å²) in [5.74, 6) is -1.02. The molecule has 0 bridgehead atoms. The highest BCUT2D eigenvalue weighted by Gasteiger charge is 2.35. The fourth-order valence-corrected chi connectivity index (χ4v) is 4.50. The lowest BCUT2D eigenvalue weighted by atomic mass is 9.92. The number of carboxylic acid groups (broad SMARTS) is 1. The number of aliphatic carboxylic acids is 1. The first-order valence-electron chi connectivity index (χ1n) is 8.63. The fraction of sp³-hybridized carbons (Fsp3) is 0.556. The average molecular weight is 367 g/mol. The first kappa shape index (κ1) is 19.4. The van der Waals surface area contributed by atoms with Crippen molar-refractivity contribution in [2.24, 2.45) is 5.92 Å². The Kier molecular flexibility index (Phi) is 6.21. The molecule has 0 spiro atoms. The first-order chi connectivity index (χ1) is 11.8. The van der Waals surface area contributed by atoms with E-state index in [4.69, 9.17) is 0 Å². The minimum Gasteiger partial charge on any atom is -0.480 e. The standard InChI is InChI=1S/C18H25NO5S/c1-3-4-11-25(23,24)15-7-5-14(6-8-15)17(20)19-10-9-13(2)12-16(19)18(21)22/h5-8,13,16H,3-4,9-12H2,1-2H3,(H,21,22). The van der Waals surface area contributed by atoms with E-state index in [0.717, 1.165) is 12.8 Å². The zero-order chi connectivity index (χ0) is 18.6. The summed E-state index contributed by atoms with van der Waals surface area (Å²) in [5, 5.41) is 9.38. The molecule has 0 aliphatic carbocycles. The van der Waals surface area contributed by atoms with Gasteiger partial charge in [0.05, 0.1) is 10.6 Å². The normalized spacial score (nSPS) is 21.1. The van der Waals surface area contributed by atoms with E-state index >= 15 is 0 Å². The molecule has 2 unspecified atom stereocenters. The third-order valence-electron chi connectivity index (χ3n) is 4.64. The van der Waals surface area contributed by atoms with Gasteiger partial charge in [0, 0.05) is 12.1 Å². The number of hydrogen-bond acceptors (Lipinski definition) is 4. The number of hydrogen-bond donors (Lipinski definition) is 1. The maximum Gasteiger partial charge on any atom is 0.326 e. The van der Waals surface area contributed by atoms with Crippen LogP contribution in [0.5, 0.6) is 0 Å². The van der Waals surface area contributed by atoms with Crippen LogP contribution in [0.2, 0.25) is 0 Å². The van der Waals surface area contributed by atoms with Crippen LogP contribution in [0.4, 0.5) is 0 Å². The van der Waals surface area contributed by atoms with Gasteiger partial charge in [-0.15, -0.1) is 0 Å². The van der Waals surface area contributed by atoms with Gasteiger partial charge in [0.2, 0.25) is 0 Å². The molecule has 138 valence electrons. The van der Waals surface area contributed by atoms with Crippen molar-refractivity contribution in [2.75, 3.05) is 12.3 Å². The lowest BCUT2D eigenvalue weighted by Gasteiger charge is -2.36. The Morgan fingerprint density at radius 2 is 1.88 bits per heavy atom. The van der Waals surface area contributed by atoms with Gasteiger partial charge in [-0.25, -0.2) is 13.2 Å². The molecule has 0 saturated carbocycles. The molecule has 6 nitrogen and oxygen atoms in total. The van der Waals surface area contributed by atoms with Crippen molar-refractivity contribution in [3.05, 3.63) is 29.8 Å². The Balaban J connectivity index is 2.18. The molecule has 25 heavy (non-hydrogen) atoms. The van der Waals surface area contributed by atoms with Gasteiger partial charge in [0.1, 0.15) is 6.04 Å². The Morgan fingerprint density at radius 1 is 1.24 bits per heavy atom. The van der Waals surface area contributed by atoms with E-state index in [-0.39, 0.29) is 22.5 Å². The van der Waals surface area contributed by atoms with Crippen molar-refractivity contribution >= 4 is 21.7 Å². The molecule has 1 aromatic carbocycles. The highest BCUT2D eigenvalue weighted by atomic mass is 32.2. The van der Waals surface area contributed by atoms with E-state index < -0.39 is 21.8 Å². The molecule has 1 aliphatic heterocycles. The number of rotatable bonds is 6. The Morgan fingerprint density at radius 3 is 2.44 bits per heavy atom. The number of piperidine rings is 1. The third-order valence-corrected chi connectivity index (χ3v) is 6.45. The SMILES string of the molecule is CCCCS(=O)(=O)c1ccc(C(=O)N2CCC(C)CC2C(=O)O)cc1. The number of benzene rings is 1. The van der Waals surface area contributed by atoms with Gasteiger partial charge in [-0.05, 0) is 49.4 Å². The van der Waals surface area contributed by atoms with E-state index in [1.54, 1.807) is 0 Å². The van der Waals surface area contributed by atoms with Crippen LogP contribution in [0.25, 0.3) is 0 Å². The first-order valence-corrected chi connectivity index (χ1v) is 10.3. The van der Waals surface area contributed by atoms with Crippen LogP contribution in [0.1, 0.15) is 49.9 Å². The predicted molar refractivity (Wildman–Crippen MR) is 94.3 cm³/mol. The number of carbonyl (C=O) groups excluding carboxylic acids is 1. The molecule has 1 saturated heterocycles. The van der Waals surface area contributed by atoms with Crippen LogP contribution < -0.4 is 0 Å². The molecule has 0 radical (unpaired) electrons. The van der Waals surface area contributed by atoms with Crippen LogP contribution in [0.3, 0.4) is 0 Å². The molecule has 1 aliphatic rings. The molecule has 0 aromatic heterocycles. The number of unbranched alkanes of at least 4 members (excludes halogenated alkanes) is 1. The second-order valence-electron chi connectivity index (χ2n) is 6.68. The van der Waals surface area contributed by atoms with E-state index in [0.29, 0.717) is 24.9 Å². The number of nitrogens with zero attached hydrogens (tertiary/aromatic N) is 1. The van der Waals surface area contributed by atoms with Crippen molar-refractivity contribution < 1.29 is 23.1 Å². The zero-order valence-corrected chi connectivity index (χ0v) is 15.5. The van der Waals surface area contributed by atoms with Crippen LogP contribution >= 0.6 is 0 Å². The van der Waals surface area contributed by atoms with E-state index in [1.807, 2.05) is 13.8 Å². The predicted octanol–water partition coefficient (Wildman–Crippen LogP) is 2.59. The Bertz CT molecular complexity index is 726. The Labute approximate surface area is 148 Å². The largest absolute Gasteiger partial charge is 0.480 e. The summed E-state index contributed by atoms with van der Waals surface area (Å²) in [7, 11) is -3.34. The lowest BCUT2D eigenvalue weighted by molar-refractivity contribution is -0.144. The minimum atomic E-state index is -3.34. The van der Waals surface area contributed by atoms with Crippen LogP contribution in [-0.4, -0.2) is 48.6 Å². The summed E-state index contributed by atoms with van der Waals surface area (Å²) < 4.78 is 24.4. The van der Waals surface area contributed by atoms with Crippen molar-refractivity contribution in [1.82, 2.24) is 4.90 Å². The van der Waals surface area contributed by atoms with Crippen molar-refractivity contribution in [2.45, 2.75) is 50.5 Å². The Hall–Kier alpha value is -1.89. The quantitative estimate of drug-likeness (QED) is 0.834. The summed E-state index contributed by atoms with van der Waals surface area (Å²) in [4.78, 5) is 25.7. The maximum absolute atomic E-state index is 12.7. The number of carbonyl (C=O) groups is 2. The highest BCUT2D eigenvalue weighted by molar-refractivity contribution is 7.91. The molecule has 2 atom stereocenters. The van der Waals surface area contributed by atoms with Gasteiger partial charge in [-0.3, -0.25) is 4.79 Å². The van der Waals surface area contributed by atoms with Crippen molar-refractivity contribution in [3.63, 3.8) is 0 Å². The van der Waals surface area contributed by atoms with E-state index in [1.165, 1.54) is 29.2 Å². The van der Waals surface area contributed by atoms with E-state index in [9.17, 15) is 23.1 Å². The van der Waals surface area contributed by atoms with Crippen LogP contribution in [0.15, 0.2) is 29.2 Å². The van der Waals surface area contributed by atoms with Crippen LogP contribution in [0, 0.1) is 5.92 Å². The molecule has 7 heteroatoms. The van der Waals surface area contributed by atoms with Crippen LogP contribution in [-0.2, 0) is 14.6 Å². The molecule has 2 rings (SSSR count). The van der Waals surface area contributed by atoms with E-state index in [2.05, 4.69) is 0 Å². The molecule has 1 aromatic rings. The molecule has 1 heterocycles. The second kappa shape index (κ2) is 7.99. The summed E-state index contributed by atoms with van der Waals surface area (Å²) in [6, 6.07) is 4.97. The van der Waals surface area contributed by atoms with Gasteiger partial charge in [-0.1, -0.05) is 20.3 Å². The summed E-state index contributed by atoms with van der Waals surface area (Å²) in [5.41, 5.74) is 0.315. The van der Waals surface area contributed by atoms with Gasteiger partial charge in [0.15, 0.2) is 9.84 Å². The molecule has 1 fully saturated rings. The summed E-state index contributed by atoms with van der Waals surface area (Å²) >= 11 is 0. The van der Waals surface area contributed by atoms with Gasteiger partial charge < -0.3 is 10.0 Å². The van der Waals surface area contributed by atoms with Gasteiger partial charge in [-0.2, -0.15) is 0 Å². The number of likely N-dealkylation sites (tertiary alicyclic amines) is 1. The molecule has 1 amide bonds. The van der Waals surface area contributed by atoms with Crippen molar-refractivity contribution in [3.8, 4) is 0 Å². The lowest BCUT2D eigenvalue weighted by Crippen LogP contribution is -2.49. The average Bonchev–Trinajstić information content (AvgIpc) is 2.59. The smallest absolute Gasteiger partial charge is 0.326 e. The van der Waals surface area contributed by atoms with Gasteiger partial charge >= 0.3 is 5.97 Å². The number of carboxylic acids is 1. The van der Waals surface area contributed by atoms with Gasteiger partial charge in [0.25, 0.3) is 5.91 Å².